The number of carboxylic acids is 1. The maximum absolute atomic E-state index is 12.3. The molecule has 1 aromatic carbocycles. The largest absolute Gasteiger partial charge is 0.477 e. The van der Waals surface area contributed by atoms with Gasteiger partial charge in [-0.05, 0) is 17.7 Å². The molecule has 2 heterocycles. The SMILES string of the molecule is COC(=O)c1cc(C(=O)O)nc2ccnn12.NCc1cc(F)cc(F)c1. The number of methoxy groups -OCH3 is 1. The summed E-state index contributed by atoms with van der Waals surface area (Å²) in [5.41, 5.74) is 5.70. The van der Waals surface area contributed by atoms with E-state index in [1.165, 1.54) is 36.0 Å². The highest BCUT2D eigenvalue weighted by atomic mass is 19.1. The topological polar surface area (TPSA) is 120 Å². The number of carboxylic acid groups (broad SMARTS) is 1. The molecule has 26 heavy (non-hydrogen) atoms. The smallest absolute Gasteiger partial charge is 0.356 e. The van der Waals surface area contributed by atoms with Gasteiger partial charge in [-0.1, -0.05) is 0 Å². The van der Waals surface area contributed by atoms with Gasteiger partial charge in [0.2, 0.25) is 0 Å². The molecule has 0 bridgehead atoms. The van der Waals surface area contributed by atoms with E-state index in [-0.39, 0.29) is 23.6 Å². The standard InChI is InChI=1S/C9H7N3O4.C7H7F2N/c1-16-9(15)6-4-5(8(13)14)11-7-2-3-10-12(6)7;8-6-1-5(4-10)2-7(9)3-6/h2-4H,1H3,(H,13,14);1-3H,4,10H2. The van der Waals surface area contributed by atoms with E-state index in [1.54, 1.807) is 0 Å². The summed E-state index contributed by atoms with van der Waals surface area (Å²) >= 11 is 0. The van der Waals surface area contributed by atoms with Crippen molar-refractivity contribution in [3.8, 4) is 0 Å². The first-order chi connectivity index (χ1) is 12.3. The molecule has 2 aromatic heterocycles. The van der Waals surface area contributed by atoms with E-state index < -0.39 is 23.6 Å². The van der Waals surface area contributed by atoms with Crippen LogP contribution in [0.3, 0.4) is 0 Å². The fourth-order valence-corrected chi connectivity index (χ4v) is 2.00. The minimum Gasteiger partial charge on any atom is -0.477 e. The van der Waals surface area contributed by atoms with Gasteiger partial charge in [-0.25, -0.2) is 27.9 Å². The number of esters is 1. The minimum atomic E-state index is -1.21. The molecule has 3 rings (SSSR count). The van der Waals surface area contributed by atoms with E-state index in [4.69, 9.17) is 10.8 Å². The van der Waals surface area contributed by atoms with E-state index in [1.807, 2.05) is 0 Å². The van der Waals surface area contributed by atoms with Crippen LogP contribution in [0.5, 0.6) is 0 Å². The Hall–Kier alpha value is -3.40. The van der Waals surface area contributed by atoms with E-state index in [0.29, 0.717) is 5.56 Å². The number of aromatic nitrogens is 3. The Labute approximate surface area is 145 Å². The van der Waals surface area contributed by atoms with Crippen LogP contribution in [0.2, 0.25) is 0 Å². The number of carbonyl (C=O) groups is 2. The lowest BCUT2D eigenvalue weighted by molar-refractivity contribution is 0.0590. The van der Waals surface area contributed by atoms with E-state index in [2.05, 4.69) is 14.8 Å². The molecule has 3 aromatic rings. The summed E-state index contributed by atoms with van der Waals surface area (Å²) < 4.78 is 30.4. The first-order valence-corrected chi connectivity index (χ1v) is 7.17. The summed E-state index contributed by atoms with van der Waals surface area (Å²) in [6, 6.07) is 5.86. The molecule has 0 atom stereocenters. The molecule has 136 valence electrons. The first kappa shape index (κ1) is 18.9. The number of hydrogen-bond acceptors (Lipinski definition) is 6. The van der Waals surface area contributed by atoms with Crippen molar-refractivity contribution < 1.29 is 28.2 Å². The van der Waals surface area contributed by atoms with Gasteiger partial charge < -0.3 is 15.6 Å². The number of benzene rings is 1. The quantitative estimate of drug-likeness (QED) is 0.678. The Morgan fingerprint density at radius 1 is 1.23 bits per heavy atom. The highest BCUT2D eigenvalue weighted by Gasteiger charge is 2.16. The van der Waals surface area contributed by atoms with Gasteiger partial charge in [0, 0.05) is 24.7 Å². The molecule has 0 aliphatic heterocycles. The van der Waals surface area contributed by atoms with Gasteiger partial charge in [0.05, 0.1) is 13.3 Å². The average Bonchev–Trinajstić information content (AvgIpc) is 3.08. The summed E-state index contributed by atoms with van der Waals surface area (Å²) in [5.74, 6) is -3.05. The van der Waals surface area contributed by atoms with Crippen LogP contribution in [0, 0.1) is 11.6 Å². The molecular weight excluding hydrogens is 350 g/mol. The predicted molar refractivity (Wildman–Crippen MR) is 85.5 cm³/mol. The summed E-state index contributed by atoms with van der Waals surface area (Å²) in [6.45, 7) is 0.161. The van der Waals surface area contributed by atoms with Crippen molar-refractivity contribution >= 4 is 17.6 Å². The van der Waals surface area contributed by atoms with Crippen LogP contribution in [-0.4, -0.2) is 38.8 Å². The van der Waals surface area contributed by atoms with Crippen LogP contribution in [0.4, 0.5) is 8.78 Å². The number of nitrogens with zero attached hydrogens (tertiary/aromatic N) is 3. The third-order valence-corrected chi connectivity index (χ3v) is 3.13. The Morgan fingerprint density at radius 3 is 2.42 bits per heavy atom. The lowest BCUT2D eigenvalue weighted by Gasteiger charge is -2.03. The van der Waals surface area contributed by atoms with Crippen LogP contribution in [0.15, 0.2) is 36.5 Å². The average molecular weight is 364 g/mol. The number of nitrogens with two attached hydrogens (primary N) is 1. The summed E-state index contributed by atoms with van der Waals surface area (Å²) in [5, 5.41) is 12.7. The summed E-state index contributed by atoms with van der Waals surface area (Å²) in [6.07, 6.45) is 1.42. The number of ether oxygens (including phenoxy) is 1. The Kier molecular flexibility index (Phi) is 5.91. The third kappa shape index (κ3) is 4.36. The van der Waals surface area contributed by atoms with Crippen LogP contribution < -0.4 is 5.73 Å². The zero-order valence-electron chi connectivity index (χ0n) is 13.5. The van der Waals surface area contributed by atoms with Crippen molar-refractivity contribution in [3.05, 3.63) is 65.1 Å². The van der Waals surface area contributed by atoms with Gasteiger partial charge in [0.15, 0.2) is 17.0 Å². The second-order valence-electron chi connectivity index (χ2n) is 4.91. The lowest BCUT2D eigenvalue weighted by Crippen LogP contribution is -2.13. The minimum absolute atomic E-state index is 0.0231. The normalized spacial score (nSPS) is 10.2. The molecule has 0 spiro atoms. The molecule has 0 fully saturated rings. The van der Waals surface area contributed by atoms with Gasteiger partial charge in [-0.15, -0.1) is 0 Å². The molecule has 10 heteroatoms. The monoisotopic (exact) mass is 364 g/mol. The second kappa shape index (κ2) is 8.12. The highest BCUT2D eigenvalue weighted by molar-refractivity contribution is 5.92. The summed E-state index contributed by atoms with van der Waals surface area (Å²) in [7, 11) is 1.21. The number of rotatable bonds is 3. The van der Waals surface area contributed by atoms with Crippen LogP contribution in [-0.2, 0) is 11.3 Å². The van der Waals surface area contributed by atoms with Gasteiger partial charge in [0.25, 0.3) is 0 Å². The van der Waals surface area contributed by atoms with Gasteiger partial charge in [-0.3, -0.25) is 0 Å². The van der Waals surface area contributed by atoms with Crippen molar-refractivity contribution in [2.45, 2.75) is 6.54 Å². The van der Waals surface area contributed by atoms with Crippen molar-refractivity contribution in [1.29, 1.82) is 0 Å². The van der Waals surface area contributed by atoms with E-state index in [0.717, 1.165) is 12.1 Å². The molecule has 0 saturated carbocycles. The molecule has 0 radical (unpaired) electrons. The molecule has 3 N–H and O–H groups in total. The van der Waals surface area contributed by atoms with Crippen molar-refractivity contribution in [2.24, 2.45) is 5.73 Å². The maximum Gasteiger partial charge on any atom is 0.356 e. The van der Waals surface area contributed by atoms with Gasteiger partial charge >= 0.3 is 11.9 Å². The molecule has 0 aliphatic carbocycles. The van der Waals surface area contributed by atoms with Crippen LogP contribution in [0.1, 0.15) is 26.5 Å². The third-order valence-electron chi connectivity index (χ3n) is 3.13. The zero-order chi connectivity index (χ0) is 19.3. The van der Waals surface area contributed by atoms with E-state index in [9.17, 15) is 18.4 Å². The molecule has 0 amide bonds. The van der Waals surface area contributed by atoms with Crippen molar-refractivity contribution in [1.82, 2.24) is 14.6 Å². The van der Waals surface area contributed by atoms with Crippen molar-refractivity contribution in [3.63, 3.8) is 0 Å². The molecule has 0 unspecified atom stereocenters. The fraction of sp³-hybridized carbons (Fsp3) is 0.125. The second-order valence-corrected chi connectivity index (χ2v) is 4.91. The number of hydrogen-bond donors (Lipinski definition) is 2. The van der Waals surface area contributed by atoms with E-state index >= 15 is 0 Å². The van der Waals surface area contributed by atoms with Gasteiger partial charge in [-0.2, -0.15) is 5.10 Å². The van der Waals surface area contributed by atoms with Crippen LogP contribution >= 0.6 is 0 Å². The molecule has 0 aliphatic rings. The van der Waals surface area contributed by atoms with Crippen LogP contribution in [0.25, 0.3) is 5.65 Å². The number of halogens is 2. The van der Waals surface area contributed by atoms with Crippen molar-refractivity contribution in [2.75, 3.05) is 7.11 Å². The number of carbonyl (C=O) groups excluding carboxylic acids is 1. The predicted octanol–water partition coefficient (Wildman–Crippen LogP) is 1.64. The maximum atomic E-state index is 12.3. The molecule has 0 saturated heterocycles. The highest BCUT2D eigenvalue weighted by Crippen LogP contribution is 2.09. The summed E-state index contributed by atoms with van der Waals surface area (Å²) in [4.78, 5) is 26.0. The Balaban J connectivity index is 0.000000209. The lowest BCUT2D eigenvalue weighted by atomic mass is 10.2. The number of fused-ring (bicyclic) bond motifs is 1. The Bertz CT molecular complexity index is 938. The fourth-order valence-electron chi connectivity index (χ4n) is 2.00. The van der Waals surface area contributed by atoms with Gasteiger partial charge in [0.1, 0.15) is 11.6 Å². The zero-order valence-corrected chi connectivity index (χ0v) is 13.5. The number of aromatic carboxylic acids is 1. The first-order valence-electron chi connectivity index (χ1n) is 7.17. The Morgan fingerprint density at radius 2 is 1.88 bits per heavy atom. The molecular formula is C16H14F2N4O4. The molecule has 8 nitrogen and oxygen atoms in total.